The third kappa shape index (κ3) is 4.01. The molecule has 4 nitrogen and oxygen atoms in total. The zero-order valence-corrected chi connectivity index (χ0v) is 19.3. The average Bonchev–Trinajstić information content (AvgIpc) is 3.42. The Kier molecular flexibility index (Phi) is 6.20. The Labute approximate surface area is 199 Å². The van der Waals surface area contributed by atoms with Crippen LogP contribution in [0, 0.1) is 18.7 Å². The monoisotopic (exact) mass is 457 g/mol. The van der Waals surface area contributed by atoms with Gasteiger partial charge in [-0.15, -0.1) is 6.58 Å². The molecular weight excluding hydrogens is 429 g/mol. The maximum absolute atomic E-state index is 15.9. The number of hydrogen-bond donors (Lipinski definition) is 0. The van der Waals surface area contributed by atoms with Gasteiger partial charge >= 0.3 is 5.97 Å². The Bertz CT molecular complexity index is 1210. The zero-order chi connectivity index (χ0) is 23.7. The second kappa shape index (κ2) is 9.43. The van der Waals surface area contributed by atoms with Crippen LogP contribution in [0.4, 0.5) is 4.39 Å². The van der Waals surface area contributed by atoms with E-state index in [2.05, 4.69) is 11.5 Å². The summed E-state index contributed by atoms with van der Waals surface area (Å²) in [5.41, 5.74) is 2.89. The number of benzene rings is 3. The Morgan fingerprint density at radius 1 is 1.15 bits per heavy atom. The molecule has 174 valence electrons. The predicted molar refractivity (Wildman–Crippen MR) is 130 cm³/mol. The number of nitrogens with zero attached hydrogens (tertiary/aromatic N) is 1. The summed E-state index contributed by atoms with van der Waals surface area (Å²) in [4.78, 5) is 15.6. The minimum atomic E-state index is -0.603. The molecule has 0 amide bonds. The topological polar surface area (TPSA) is 38.8 Å². The number of fused-ring (bicyclic) bond motifs is 3. The van der Waals surface area contributed by atoms with Crippen molar-refractivity contribution in [2.24, 2.45) is 5.92 Å². The van der Waals surface area contributed by atoms with Crippen LogP contribution in [0.2, 0.25) is 0 Å². The summed E-state index contributed by atoms with van der Waals surface area (Å²) in [6.07, 6.45) is 3.53. The molecule has 0 bridgehead atoms. The first-order valence-corrected chi connectivity index (χ1v) is 11.7. The van der Waals surface area contributed by atoms with Gasteiger partial charge in [0, 0.05) is 29.3 Å². The molecule has 2 aliphatic rings. The second-order valence-electron chi connectivity index (χ2n) is 8.99. The maximum Gasteiger partial charge on any atom is 0.347 e. The molecule has 2 atom stereocenters. The zero-order valence-electron chi connectivity index (χ0n) is 19.3. The van der Waals surface area contributed by atoms with Crippen LogP contribution in [-0.4, -0.2) is 24.0 Å². The molecule has 2 unspecified atom stereocenters. The van der Waals surface area contributed by atoms with Gasteiger partial charge in [-0.05, 0) is 49.9 Å². The number of hydrogen-bond acceptors (Lipinski definition) is 4. The number of para-hydroxylation sites is 1. The Hall–Kier alpha value is -3.44. The van der Waals surface area contributed by atoms with Gasteiger partial charge in [0.15, 0.2) is 0 Å². The highest BCUT2D eigenvalue weighted by molar-refractivity contribution is 5.96. The lowest BCUT2D eigenvalue weighted by molar-refractivity contribution is 0.0728. The summed E-state index contributed by atoms with van der Waals surface area (Å²) < 4.78 is 27.9. The molecule has 3 aromatic carbocycles. The molecule has 0 N–H and O–H groups in total. The number of carbonyl (C=O) groups excluding carboxylic acids is 1. The van der Waals surface area contributed by atoms with Gasteiger partial charge in [0.1, 0.15) is 29.5 Å². The molecule has 5 rings (SSSR count). The minimum absolute atomic E-state index is 0.0232. The number of likely N-dealkylation sites (tertiary alicyclic amines) is 1. The van der Waals surface area contributed by atoms with Crippen molar-refractivity contribution >= 4 is 5.97 Å². The number of rotatable bonds is 7. The molecule has 1 fully saturated rings. The summed E-state index contributed by atoms with van der Waals surface area (Å²) in [7, 11) is 0. The van der Waals surface area contributed by atoms with Gasteiger partial charge in [-0.3, -0.25) is 4.90 Å². The van der Waals surface area contributed by atoms with Crippen molar-refractivity contribution < 1.29 is 18.7 Å². The van der Waals surface area contributed by atoms with Gasteiger partial charge in [-0.25, -0.2) is 9.18 Å². The van der Waals surface area contributed by atoms with Crippen LogP contribution in [-0.2, 0) is 13.0 Å². The molecule has 34 heavy (non-hydrogen) atoms. The molecule has 1 saturated heterocycles. The van der Waals surface area contributed by atoms with E-state index in [4.69, 9.17) is 9.47 Å². The highest BCUT2D eigenvalue weighted by atomic mass is 19.1. The normalized spacial score (nSPS) is 18.9. The molecular formula is C29H28FNO3. The number of ether oxygens (including phenoxy) is 2. The second-order valence-corrected chi connectivity index (χ2v) is 8.99. The summed E-state index contributed by atoms with van der Waals surface area (Å²) >= 11 is 0. The lowest BCUT2D eigenvalue weighted by Crippen LogP contribution is -2.25. The molecule has 3 aromatic rings. The lowest BCUT2D eigenvalue weighted by Gasteiger charge is -2.25. The van der Waals surface area contributed by atoms with Gasteiger partial charge in [-0.2, -0.15) is 0 Å². The number of carbonyl (C=O) groups is 1. The molecule has 0 aromatic heterocycles. The van der Waals surface area contributed by atoms with E-state index in [0.29, 0.717) is 35.9 Å². The Balaban J connectivity index is 1.59. The summed E-state index contributed by atoms with van der Waals surface area (Å²) in [6.45, 7) is 7.42. The number of esters is 1. The summed E-state index contributed by atoms with van der Waals surface area (Å²) in [5.74, 6) is 0.227. The fraction of sp³-hybridized carbons (Fsp3) is 0.276. The minimum Gasteiger partial charge on any atom is -0.488 e. The average molecular weight is 458 g/mol. The van der Waals surface area contributed by atoms with Crippen LogP contribution >= 0.6 is 0 Å². The van der Waals surface area contributed by atoms with Crippen LogP contribution in [0.3, 0.4) is 0 Å². The fourth-order valence-corrected chi connectivity index (χ4v) is 5.37. The smallest absolute Gasteiger partial charge is 0.347 e. The van der Waals surface area contributed by atoms with Crippen LogP contribution in [0.15, 0.2) is 73.3 Å². The Morgan fingerprint density at radius 3 is 2.56 bits per heavy atom. The van der Waals surface area contributed by atoms with Crippen LogP contribution in [0.5, 0.6) is 11.5 Å². The SMILES string of the molecule is C=CCN1CCC2Cc3c(OCc4ccccc4)c(C(=O)Oc4ccccc4)c(C)c(F)c3C21. The predicted octanol–water partition coefficient (Wildman–Crippen LogP) is 6.04. The van der Waals surface area contributed by atoms with Crippen LogP contribution in [0.25, 0.3) is 0 Å². The fourth-order valence-electron chi connectivity index (χ4n) is 5.37. The van der Waals surface area contributed by atoms with E-state index in [-0.39, 0.29) is 29.6 Å². The van der Waals surface area contributed by atoms with E-state index in [1.807, 2.05) is 42.5 Å². The van der Waals surface area contributed by atoms with Crippen LogP contribution in [0.1, 0.15) is 45.1 Å². The Morgan fingerprint density at radius 2 is 1.85 bits per heavy atom. The van der Waals surface area contributed by atoms with E-state index in [0.717, 1.165) is 24.1 Å². The molecule has 5 heteroatoms. The molecule has 0 spiro atoms. The molecule has 1 aliphatic carbocycles. The van der Waals surface area contributed by atoms with Gasteiger partial charge in [0.25, 0.3) is 0 Å². The molecule has 1 heterocycles. The van der Waals surface area contributed by atoms with E-state index in [9.17, 15) is 4.79 Å². The van der Waals surface area contributed by atoms with Gasteiger partial charge < -0.3 is 9.47 Å². The first kappa shape index (κ1) is 22.4. The first-order valence-electron chi connectivity index (χ1n) is 11.7. The highest BCUT2D eigenvalue weighted by Gasteiger charge is 2.46. The molecule has 0 saturated carbocycles. The van der Waals surface area contributed by atoms with Crippen molar-refractivity contribution in [1.29, 1.82) is 0 Å². The maximum atomic E-state index is 15.9. The molecule has 1 aliphatic heterocycles. The van der Waals surface area contributed by atoms with Crippen molar-refractivity contribution in [2.45, 2.75) is 32.4 Å². The quantitative estimate of drug-likeness (QED) is 0.246. The summed E-state index contributed by atoms with van der Waals surface area (Å²) in [6, 6.07) is 18.6. The summed E-state index contributed by atoms with van der Waals surface area (Å²) in [5, 5.41) is 0. The van der Waals surface area contributed by atoms with Crippen molar-refractivity contribution in [1.82, 2.24) is 4.90 Å². The van der Waals surface area contributed by atoms with Crippen molar-refractivity contribution in [2.75, 3.05) is 13.1 Å². The lowest BCUT2D eigenvalue weighted by atomic mass is 9.96. The van der Waals surface area contributed by atoms with Crippen molar-refractivity contribution in [3.63, 3.8) is 0 Å². The largest absolute Gasteiger partial charge is 0.488 e. The van der Waals surface area contributed by atoms with E-state index >= 15 is 4.39 Å². The molecule has 0 radical (unpaired) electrons. The van der Waals surface area contributed by atoms with Gasteiger partial charge in [0.05, 0.1) is 0 Å². The van der Waals surface area contributed by atoms with Crippen molar-refractivity contribution in [3.8, 4) is 11.5 Å². The van der Waals surface area contributed by atoms with E-state index < -0.39 is 5.97 Å². The number of halogens is 1. The van der Waals surface area contributed by atoms with Gasteiger partial charge in [0.2, 0.25) is 0 Å². The third-order valence-corrected chi connectivity index (χ3v) is 6.90. The first-order chi connectivity index (χ1) is 16.6. The van der Waals surface area contributed by atoms with E-state index in [1.165, 1.54) is 0 Å². The van der Waals surface area contributed by atoms with Crippen LogP contribution < -0.4 is 9.47 Å². The highest BCUT2D eigenvalue weighted by Crippen LogP contribution is 2.52. The van der Waals surface area contributed by atoms with E-state index in [1.54, 1.807) is 31.2 Å². The standard InChI is InChI=1S/C29H28FNO3/c1-3-15-31-16-14-21-17-23-25(27(21)31)26(30)19(2)24(29(32)34-22-12-8-5-9-13-22)28(23)33-18-20-10-6-4-7-11-20/h3-13,21,27H,1,14-18H2,2H3. The van der Waals surface area contributed by atoms with Crippen molar-refractivity contribution in [3.05, 3.63) is 107 Å². The van der Waals surface area contributed by atoms with Gasteiger partial charge in [-0.1, -0.05) is 54.6 Å². The third-order valence-electron chi connectivity index (χ3n) is 6.90.